The van der Waals surface area contributed by atoms with Crippen molar-refractivity contribution in [1.29, 1.82) is 0 Å². The van der Waals surface area contributed by atoms with Crippen molar-refractivity contribution in [3.63, 3.8) is 0 Å². The third-order valence-electron chi connectivity index (χ3n) is 7.71. The first-order valence-electron chi connectivity index (χ1n) is 16.3. The van der Waals surface area contributed by atoms with E-state index in [4.69, 9.17) is 0 Å². The number of rotatable bonds is 6. The van der Waals surface area contributed by atoms with Gasteiger partial charge in [-0.1, -0.05) is 24.3 Å². The summed E-state index contributed by atoms with van der Waals surface area (Å²) in [6.07, 6.45) is 14.0. The Hall–Kier alpha value is -3.43. The standard InChI is InChI=1S/2C18H15Ge.C8H12.Pt/c2*1-4-10-16(11-5-1)19(17-12-6-2-7-13-17)18-14-8-3-9-15-18;1-2-4-6-8-7-5-3-1;/h2*1-15H;1-2,7-8H,3-6H2;/q;;;+2/b;;2-1-,8-7-;. The van der Waals surface area contributed by atoms with Gasteiger partial charge in [0.05, 0.1) is 0 Å². The molecule has 47 heavy (non-hydrogen) atoms. The molecule has 1 aliphatic carbocycles. The van der Waals surface area contributed by atoms with Crippen LogP contribution in [0.3, 0.4) is 0 Å². The van der Waals surface area contributed by atoms with Crippen LogP contribution in [0.1, 0.15) is 25.7 Å². The van der Waals surface area contributed by atoms with Gasteiger partial charge in [0.1, 0.15) is 0 Å². The molecule has 0 saturated carbocycles. The topological polar surface area (TPSA) is 0 Å². The van der Waals surface area contributed by atoms with E-state index in [-0.39, 0.29) is 21.1 Å². The fraction of sp³-hybridized carbons (Fsp3) is 0.0909. The van der Waals surface area contributed by atoms with Crippen molar-refractivity contribution in [3.8, 4) is 0 Å². The zero-order chi connectivity index (χ0) is 31.5. The molecule has 0 fully saturated rings. The van der Waals surface area contributed by atoms with Crippen molar-refractivity contribution in [2.24, 2.45) is 0 Å². The third-order valence-corrected chi connectivity index (χ3v) is 19.2. The molecule has 2 radical (unpaired) electrons. The van der Waals surface area contributed by atoms with E-state index in [1.165, 1.54) is 52.1 Å². The van der Waals surface area contributed by atoms with Crippen LogP contribution in [0.25, 0.3) is 0 Å². The first-order chi connectivity index (χ1) is 22.9. The molecule has 0 atom stereocenters. The van der Waals surface area contributed by atoms with Gasteiger partial charge in [-0.05, 0) is 25.7 Å². The van der Waals surface area contributed by atoms with Gasteiger partial charge in [0.2, 0.25) is 0 Å². The van der Waals surface area contributed by atoms with Gasteiger partial charge < -0.3 is 0 Å². The summed E-state index contributed by atoms with van der Waals surface area (Å²) in [7, 11) is 0. The average Bonchev–Trinajstić information content (AvgIpc) is 3.12. The maximum atomic E-state index is 2.27. The van der Waals surface area contributed by atoms with Crippen LogP contribution in [0.4, 0.5) is 0 Å². The Morgan fingerprint density at radius 3 is 0.532 bits per heavy atom. The van der Waals surface area contributed by atoms with Crippen molar-refractivity contribution in [2.45, 2.75) is 25.7 Å². The van der Waals surface area contributed by atoms with Crippen molar-refractivity contribution in [2.75, 3.05) is 0 Å². The van der Waals surface area contributed by atoms with Gasteiger partial charge in [0.25, 0.3) is 0 Å². The summed E-state index contributed by atoms with van der Waals surface area (Å²) in [6.45, 7) is 0. The van der Waals surface area contributed by atoms with Gasteiger partial charge >= 0.3 is 258 Å². The van der Waals surface area contributed by atoms with Gasteiger partial charge in [0, 0.05) is 0 Å². The SMILES string of the molecule is C1=C\CC/C=C\CC/1.[Pt+2].c1cc[c]([Ge]([c]2ccccc2)[c]2ccccc2)cc1.c1cc[c]([Ge]([c]2ccccc2)[c]2ccccc2)cc1. The van der Waals surface area contributed by atoms with Crippen LogP contribution >= 0.6 is 0 Å². The molecule has 7 rings (SSSR count). The van der Waals surface area contributed by atoms with Crippen LogP contribution in [0, 0.1) is 0 Å². The second-order valence-corrected chi connectivity index (χ2v) is 21.5. The fourth-order valence-corrected chi connectivity index (χ4v) is 16.3. The number of benzene rings is 6. The molecule has 0 spiro atoms. The van der Waals surface area contributed by atoms with E-state index < -0.39 is 28.7 Å². The Bertz CT molecular complexity index is 1380. The zero-order valence-electron chi connectivity index (χ0n) is 26.8. The molecule has 0 amide bonds. The molecule has 0 aromatic heterocycles. The summed E-state index contributed by atoms with van der Waals surface area (Å²) >= 11 is -3.26. The van der Waals surface area contributed by atoms with E-state index in [0.29, 0.717) is 0 Å². The Labute approximate surface area is 305 Å². The molecule has 0 aliphatic heterocycles. The minimum atomic E-state index is -1.63. The molecule has 0 nitrogen and oxygen atoms in total. The van der Waals surface area contributed by atoms with Crippen LogP contribution in [0.2, 0.25) is 0 Å². The van der Waals surface area contributed by atoms with E-state index in [2.05, 4.69) is 206 Å². The van der Waals surface area contributed by atoms with Crippen LogP contribution in [-0.2, 0) is 21.1 Å². The molecule has 0 heterocycles. The van der Waals surface area contributed by atoms with Gasteiger partial charge in [-0.25, -0.2) is 0 Å². The molecule has 0 bridgehead atoms. The average molecular weight is 911 g/mol. The maximum absolute atomic E-state index is 2.27. The van der Waals surface area contributed by atoms with Crippen molar-refractivity contribution < 1.29 is 21.1 Å². The summed E-state index contributed by atoms with van der Waals surface area (Å²) in [6, 6.07) is 65.6. The third kappa shape index (κ3) is 12.0. The van der Waals surface area contributed by atoms with Gasteiger partial charge in [0.15, 0.2) is 0 Å². The van der Waals surface area contributed by atoms with Crippen LogP contribution < -0.4 is 26.4 Å². The predicted octanol–water partition coefficient (Wildman–Crippen LogP) is 7.08. The van der Waals surface area contributed by atoms with Crippen molar-refractivity contribution >= 4 is 55.1 Å². The first kappa shape index (κ1) is 36.4. The Morgan fingerprint density at radius 1 is 0.234 bits per heavy atom. The molecule has 1 aliphatic rings. The van der Waals surface area contributed by atoms with Crippen LogP contribution in [-0.4, -0.2) is 28.7 Å². The summed E-state index contributed by atoms with van der Waals surface area (Å²) in [4.78, 5) is 0. The summed E-state index contributed by atoms with van der Waals surface area (Å²) < 4.78 is 9.00. The van der Waals surface area contributed by atoms with Gasteiger partial charge in [-0.2, -0.15) is 0 Å². The predicted molar refractivity (Wildman–Crippen MR) is 205 cm³/mol. The van der Waals surface area contributed by atoms with Crippen LogP contribution in [0.5, 0.6) is 0 Å². The first-order valence-corrected chi connectivity index (χ1v) is 22.6. The second kappa shape index (κ2) is 21.4. The molecule has 6 aromatic carbocycles. The fourth-order valence-electron chi connectivity index (χ4n) is 5.49. The van der Waals surface area contributed by atoms with E-state index in [1.807, 2.05) is 0 Å². The van der Waals surface area contributed by atoms with Crippen molar-refractivity contribution in [3.05, 3.63) is 206 Å². The summed E-state index contributed by atoms with van der Waals surface area (Å²) in [5, 5.41) is 0. The van der Waals surface area contributed by atoms with E-state index in [0.717, 1.165) is 0 Å². The number of hydrogen-bond acceptors (Lipinski definition) is 0. The van der Waals surface area contributed by atoms with Gasteiger partial charge in [-0.15, -0.1) is 0 Å². The second-order valence-electron chi connectivity index (χ2n) is 11.0. The normalized spacial score (nSPS) is 13.3. The molecule has 0 N–H and O–H groups in total. The van der Waals surface area contributed by atoms with E-state index in [9.17, 15) is 0 Å². The molecule has 6 aromatic rings. The molecule has 0 unspecified atom stereocenters. The zero-order valence-corrected chi connectivity index (χ0v) is 33.2. The minimum absolute atomic E-state index is 0. The summed E-state index contributed by atoms with van der Waals surface area (Å²) in [5.74, 6) is 0. The quantitative estimate of drug-likeness (QED) is 0.124. The molecule has 0 saturated heterocycles. The Morgan fingerprint density at radius 2 is 0.383 bits per heavy atom. The van der Waals surface area contributed by atoms with Gasteiger partial charge in [-0.3, -0.25) is 0 Å². The Kier molecular flexibility index (Phi) is 16.6. The molecule has 3 heteroatoms. The van der Waals surface area contributed by atoms with Crippen molar-refractivity contribution in [1.82, 2.24) is 0 Å². The van der Waals surface area contributed by atoms with E-state index >= 15 is 0 Å². The molecule has 234 valence electrons. The number of hydrogen-bond donors (Lipinski definition) is 0. The molecular formula is C44H42Ge2Pt+2. The molecular weight excluding hydrogens is 869 g/mol. The van der Waals surface area contributed by atoms with Crippen LogP contribution in [0.15, 0.2) is 206 Å². The Balaban J connectivity index is 0.000000171. The van der Waals surface area contributed by atoms with E-state index in [1.54, 1.807) is 0 Å². The monoisotopic (exact) mass is 913 g/mol. The number of allylic oxidation sites excluding steroid dienone is 4. The summed E-state index contributed by atoms with van der Waals surface area (Å²) in [5.41, 5.74) is 0.